The van der Waals surface area contributed by atoms with Crippen LogP contribution in [0.3, 0.4) is 0 Å². The molecule has 0 radical (unpaired) electrons. The molecule has 0 aromatic carbocycles. The van der Waals surface area contributed by atoms with E-state index in [2.05, 4.69) is 32.1 Å². The molecule has 0 N–H and O–H groups in total. The van der Waals surface area contributed by atoms with Crippen LogP contribution in [0.4, 0.5) is 0 Å². The Morgan fingerprint density at radius 2 is 2.17 bits per heavy atom. The van der Waals surface area contributed by atoms with Crippen molar-refractivity contribution in [2.45, 2.75) is 26.7 Å². The highest BCUT2D eigenvalue weighted by Crippen LogP contribution is 2.20. The summed E-state index contributed by atoms with van der Waals surface area (Å²) in [5, 5.41) is 0. The third kappa shape index (κ3) is 2.00. The van der Waals surface area contributed by atoms with E-state index in [-0.39, 0.29) is 0 Å². The van der Waals surface area contributed by atoms with Gasteiger partial charge in [-0.1, -0.05) is 24.6 Å². The average Bonchev–Trinajstić information content (AvgIpc) is 2.26. The van der Waals surface area contributed by atoms with Crippen LogP contribution in [0.1, 0.15) is 26.7 Å². The molecule has 0 aliphatic heterocycles. The van der Waals surface area contributed by atoms with E-state index < -0.39 is 0 Å². The first-order chi connectivity index (χ1) is 5.77. The summed E-state index contributed by atoms with van der Waals surface area (Å²) in [6.45, 7) is 4.28. The van der Waals surface area contributed by atoms with Gasteiger partial charge in [-0.05, 0) is 31.4 Å². The van der Waals surface area contributed by atoms with Crippen LogP contribution in [0.2, 0.25) is 0 Å². The van der Waals surface area contributed by atoms with Crippen molar-refractivity contribution < 1.29 is 4.74 Å². The first-order valence-corrected chi connectivity index (χ1v) is 4.39. The summed E-state index contributed by atoms with van der Waals surface area (Å²) in [5.74, 6) is 1.03. The summed E-state index contributed by atoms with van der Waals surface area (Å²) in [6, 6.07) is 0. The van der Waals surface area contributed by atoms with E-state index in [1.54, 1.807) is 7.11 Å². The van der Waals surface area contributed by atoms with Crippen molar-refractivity contribution in [1.29, 1.82) is 0 Å². The molecule has 0 atom stereocenters. The lowest BCUT2D eigenvalue weighted by Gasteiger charge is -2.07. The van der Waals surface area contributed by atoms with Gasteiger partial charge in [0.05, 0.1) is 7.11 Å². The van der Waals surface area contributed by atoms with Crippen molar-refractivity contribution in [1.82, 2.24) is 0 Å². The number of allylic oxidation sites excluding steroid dienone is 5. The number of rotatable bonds is 2. The molecule has 0 unspecified atom stereocenters. The lowest BCUT2D eigenvalue weighted by atomic mass is 10.1. The second-order valence-corrected chi connectivity index (χ2v) is 2.98. The molecule has 0 amide bonds. The van der Waals surface area contributed by atoms with Crippen molar-refractivity contribution in [2.75, 3.05) is 7.11 Å². The van der Waals surface area contributed by atoms with Crippen molar-refractivity contribution >= 4 is 0 Å². The van der Waals surface area contributed by atoms with E-state index in [1.165, 1.54) is 11.1 Å². The Morgan fingerprint density at radius 1 is 1.42 bits per heavy atom. The lowest BCUT2D eigenvalue weighted by Crippen LogP contribution is -1.90. The Labute approximate surface area is 74.4 Å². The average molecular weight is 164 g/mol. The van der Waals surface area contributed by atoms with Gasteiger partial charge in [0.15, 0.2) is 0 Å². The van der Waals surface area contributed by atoms with Gasteiger partial charge >= 0.3 is 0 Å². The molecule has 0 aromatic heterocycles. The van der Waals surface area contributed by atoms with Gasteiger partial charge in [0.2, 0.25) is 0 Å². The fraction of sp³-hybridized carbons (Fsp3) is 0.455. The van der Waals surface area contributed by atoms with Gasteiger partial charge < -0.3 is 4.74 Å². The van der Waals surface area contributed by atoms with Crippen molar-refractivity contribution in [3.05, 3.63) is 35.1 Å². The molecule has 0 saturated heterocycles. The van der Waals surface area contributed by atoms with Crippen LogP contribution in [0.25, 0.3) is 0 Å². The zero-order chi connectivity index (χ0) is 8.97. The summed E-state index contributed by atoms with van der Waals surface area (Å²) >= 11 is 0. The molecule has 0 heterocycles. The summed E-state index contributed by atoms with van der Waals surface area (Å²) in [7, 11) is 1.73. The van der Waals surface area contributed by atoms with Gasteiger partial charge in [0.1, 0.15) is 5.76 Å². The largest absolute Gasteiger partial charge is 0.497 e. The maximum absolute atomic E-state index is 5.28. The van der Waals surface area contributed by atoms with Gasteiger partial charge in [0.25, 0.3) is 0 Å². The molecule has 66 valence electrons. The molecule has 0 aromatic rings. The van der Waals surface area contributed by atoms with Crippen molar-refractivity contribution in [2.24, 2.45) is 0 Å². The number of hydrogen-bond donors (Lipinski definition) is 0. The first kappa shape index (κ1) is 9.11. The van der Waals surface area contributed by atoms with Crippen LogP contribution < -0.4 is 0 Å². The molecular weight excluding hydrogens is 148 g/mol. The number of ether oxygens (including phenoxy) is 1. The minimum absolute atomic E-state index is 0.981. The van der Waals surface area contributed by atoms with Crippen LogP contribution in [0.15, 0.2) is 35.1 Å². The molecular formula is C11H16O. The SMILES string of the molecule is CCC1=CC(C)=CCC=C1OC. The van der Waals surface area contributed by atoms with E-state index in [1.807, 2.05) is 0 Å². The van der Waals surface area contributed by atoms with Gasteiger partial charge in [-0.15, -0.1) is 0 Å². The summed E-state index contributed by atoms with van der Waals surface area (Å²) in [6.07, 6.45) is 8.55. The molecule has 1 aliphatic rings. The summed E-state index contributed by atoms with van der Waals surface area (Å²) in [5.41, 5.74) is 2.62. The molecule has 12 heavy (non-hydrogen) atoms. The zero-order valence-electron chi connectivity index (χ0n) is 8.05. The van der Waals surface area contributed by atoms with E-state index in [4.69, 9.17) is 4.74 Å². The third-order valence-corrected chi connectivity index (χ3v) is 2.06. The Morgan fingerprint density at radius 3 is 2.75 bits per heavy atom. The maximum atomic E-state index is 5.28. The molecule has 1 nitrogen and oxygen atoms in total. The summed E-state index contributed by atoms with van der Waals surface area (Å²) in [4.78, 5) is 0. The number of hydrogen-bond acceptors (Lipinski definition) is 1. The number of methoxy groups -OCH3 is 1. The Hall–Kier alpha value is -0.980. The van der Waals surface area contributed by atoms with Gasteiger partial charge in [-0.3, -0.25) is 0 Å². The normalized spacial score (nSPS) is 17.4. The minimum Gasteiger partial charge on any atom is -0.497 e. The third-order valence-electron chi connectivity index (χ3n) is 2.06. The van der Waals surface area contributed by atoms with Crippen molar-refractivity contribution in [3.8, 4) is 0 Å². The molecule has 0 spiro atoms. The molecule has 0 bridgehead atoms. The van der Waals surface area contributed by atoms with Gasteiger partial charge in [-0.2, -0.15) is 0 Å². The van der Waals surface area contributed by atoms with Gasteiger partial charge in [0, 0.05) is 0 Å². The second kappa shape index (κ2) is 4.15. The van der Waals surface area contributed by atoms with Crippen LogP contribution in [-0.2, 0) is 4.74 Å². The fourth-order valence-electron chi connectivity index (χ4n) is 1.38. The van der Waals surface area contributed by atoms with Crippen LogP contribution in [0, 0.1) is 0 Å². The van der Waals surface area contributed by atoms with E-state index >= 15 is 0 Å². The standard InChI is InChI=1S/C11H16O/c1-4-10-8-9(2)6-5-7-11(10)12-3/h6-8H,4-5H2,1-3H3. The van der Waals surface area contributed by atoms with E-state index in [9.17, 15) is 0 Å². The van der Waals surface area contributed by atoms with Crippen LogP contribution in [0.5, 0.6) is 0 Å². The Kier molecular flexibility index (Phi) is 3.15. The molecule has 1 rings (SSSR count). The molecule has 1 heteroatoms. The monoisotopic (exact) mass is 164 g/mol. The Bertz CT molecular complexity index is 244. The first-order valence-electron chi connectivity index (χ1n) is 4.39. The topological polar surface area (TPSA) is 9.23 Å². The molecule has 1 aliphatic carbocycles. The highest BCUT2D eigenvalue weighted by molar-refractivity contribution is 5.36. The van der Waals surface area contributed by atoms with E-state index in [0.29, 0.717) is 0 Å². The highest BCUT2D eigenvalue weighted by atomic mass is 16.5. The smallest absolute Gasteiger partial charge is 0.118 e. The van der Waals surface area contributed by atoms with Gasteiger partial charge in [-0.25, -0.2) is 0 Å². The second-order valence-electron chi connectivity index (χ2n) is 2.98. The molecule has 0 fully saturated rings. The van der Waals surface area contributed by atoms with Crippen LogP contribution in [-0.4, -0.2) is 7.11 Å². The Balaban J connectivity index is 2.91. The summed E-state index contributed by atoms with van der Waals surface area (Å²) < 4.78 is 5.28. The van der Waals surface area contributed by atoms with E-state index in [0.717, 1.165) is 18.6 Å². The molecule has 0 saturated carbocycles. The minimum atomic E-state index is 0.981. The predicted molar refractivity (Wildman–Crippen MR) is 51.8 cm³/mol. The van der Waals surface area contributed by atoms with Crippen molar-refractivity contribution in [3.63, 3.8) is 0 Å². The predicted octanol–water partition coefficient (Wildman–Crippen LogP) is 3.20. The van der Waals surface area contributed by atoms with Crippen LogP contribution >= 0.6 is 0 Å². The fourth-order valence-corrected chi connectivity index (χ4v) is 1.38. The quantitative estimate of drug-likeness (QED) is 0.609. The maximum Gasteiger partial charge on any atom is 0.118 e. The lowest BCUT2D eigenvalue weighted by molar-refractivity contribution is 0.298. The highest BCUT2D eigenvalue weighted by Gasteiger charge is 2.04. The zero-order valence-corrected chi connectivity index (χ0v) is 8.05.